The molecule has 14 heavy (non-hydrogen) atoms. The molecule has 1 atom stereocenters. The van der Waals surface area contributed by atoms with E-state index >= 15 is 0 Å². The Morgan fingerprint density at radius 3 is 2.79 bits per heavy atom. The number of rotatable bonds is 3. The van der Waals surface area contributed by atoms with Crippen LogP contribution in [0.2, 0.25) is 0 Å². The minimum absolute atomic E-state index is 0.425. The van der Waals surface area contributed by atoms with E-state index in [4.69, 9.17) is 5.73 Å². The van der Waals surface area contributed by atoms with Gasteiger partial charge >= 0.3 is 0 Å². The lowest BCUT2D eigenvalue weighted by molar-refractivity contribution is 0.0474. The average molecular weight is 194 g/mol. The van der Waals surface area contributed by atoms with Crippen LogP contribution in [0.5, 0.6) is 0 Å². The lowest BCUT2D eigenvalue weighted by atomic mass is 9.91. The normalized spacial score (nSPS) is 15.1. The van der Waals surface area contributed by atoms with Gasteiger partial charge in [-0.2, -0.15) is 0 Å². The number of anilines is 1. The first-order chi connectivity index (χ1) is 6.47. The van der Waals surface area contributed by atoms with Crippen LogP contribution >= 0.6 is 0 Å². The topological polar surface area (TPSA) is 59.1 Å². The fourth-order valence-electron chi connectivity index (χ4n) is 1.63. The van der Waals surface area contributed by atoms with E-state index in [1.54, 1.807) is 13.1 Å². The van der Waals surface area contributed by atoms with Gasteiger partial charge in [0, 0.05) is 11.8 Å². The van der Waals surface area contributed by atoms with Crippen molar-refractivity contribution in [2.45, 2.75) is 39.2 Å². The van der Waals surface area contributed by atoms with Gasteiger partial charge in [-0.25, -0.2) is 4.98 Å². The van der Waals surface area contributed by atoms with Crippen molar-refractivity contribution >= 4 is 5.82 Å². The van der Waals surface area contributed by atoms with Crippen molar-refractivity contribution in [2.75, 3.05) is 5.73 Å². The van der Waals surface area contributed by atoms with Gasteiger partial charge in [0.05, 0.1) is 5.60 Å². The molecule has 1 unspecified atom stereocenters. The third-order valence-corrected chi connectivity index (χ3v) is 2.37. The lowest BCUT2D eigenvalue weighted by Gasteiger charge is -2.24. The first-order valence-electron chi connectivity index (χ1n) is 4.92. The number of hydrogen-bond donors (Lipinski definition) is 2. The molecule has 0 saturated carbocycles. The second-order valence-electron chi connectivity index (χ2n) is 3.97. The third kappa shape index (κ3) is 2.23. The monoisotopic (exact) mass is 194 g/mol. The molecule has 0 aliphatic carbocycles. The molecule has 0 radical (unpaired) electrons. The Kier molecular flexibility index (Phi) is 3.11. The molecule has 1 rings (SSSR count). The molecule has 3 N–H and O–H groups in total. The Hall–Kier alpha value is -1.09. The zero-order valence-corrected chi connectivity index (χ0v) is 9.04. The molecule has 0 fully saturated rings. The van der Waals surface area contributed by atoms with Gasteiger partial charge < -0.3 is 10.8 Å². The maximum absolute atomic E-state index is 10.2. The zero-order valence-electron chi connectivity index (χ0n) is 9.04. The molecule has 0 bridgehead atoms. The molecule has 0 aromatic carbocycles. The van der Waals surface area contributed by atoms with Crippen LogP contribution in [0.1, 0.15) is 37.8 Å². The van der Waals surface area contributed by atoms with Crippen LogP contribution in [0.15, 0.2) is 12.3 Å². The van der Waals surface area contributed by atoms with E-state index in [1.165, 1.54) is 0 Å². The molecular formula is C11H18N2O. The lowest BCUT2D eigenvalue weighted by Crippen LogP contribution is -2.23. The molecule has 1 aromatic rings. The van der Waals surface area contributed by atoms with Crippen LogP contribution in [-0.2, 0) is 5.60 Å². The van der Waals surface area contributed by atoms with Crippen LogP contribution in [0.25, 0.3) is 0 Å². The van der Waals surface area contributed by atoms with Crippen LogP contribution in [-0.4, -0.2) is 10.1 Å². The van der Waals surface area contributed by atoms with Crippen LogP contribution in [0, 0.1) is 6.92 Å². The van der Waals surface area contributed by atoms with Crippen LogP contribution in [0.4, 0.5) is 5.82 Å². The van der Waals surface area contributed by atoms with Crippen molar-refractivity contribution in [3.05, 3.63) is 23.4 Å². The van der Waals surface area contributed by atoms with Gasteiger partial charge in [0.15, 0.2) is 0 Å². The Morgan fingerprint density at radius 1 is 1.57 bits per heavy atom. The van der Waals surface area contributed by atoms with Crippen molar-refractivity contribution in [1.82, 2.24) is 4.98 Å². The molecule has 0 aliphatic rings. The molecule has 0 spiro atoms. The molecule has 3 heteroatoms. The van der Waals surface area contributed by atoms with E-state index in [-0.39, 0.29) is 0 Å². The molecule has 1 heterocycles. The van der Waals surface area contributed by atoms with Gasteiger partial charge in [-0.05, 0) is 31.9 Å². The first-order valence-corrected chi connectivity index (χ1v) is 4.92. The second-order valence-corrected chi connectivity index (χ2v) is 3.97. The Labute approximate surface area is 85.0 Å². The largest absolute Gasteiger partial charge is 0.385 e. The summed E-state index contributed by atoms with van der Waals surface area (Å²) in [5, 5.41) is 10.2. The summed E-state index contributed by atoms with van der Waals surface area (Å²) in [5.74, 6) is 0.425. The van der Waals surface area contributed by atoms with E-state index in [0.29, 0.717) is 12.2 Å². The second kappa shape index (κ2) is 3.96. The molecule has 0 saturated heterocycles. The van der Waals surface area contributed by atoms with Crippen molar-refractivity contribution in [1.29, 1.82) is 0 Å². The van der Waals surface area contributed by atoms with Crippen molar-refractivity contribution in [2.24, 2.45) is 0 Å². The van der Waals surface area contributed by atoms with E-state index in [9.17, 15) is 5.11 Å². The molecule has 1 aromatic heterocycles. The van der Waals surface area contributed by atoms with Gasteiger partial charge in [-0.3, -0.25) is 0 Å². The van der Waals surface area contributed by atoms with Crippen molar-refractivity contribution in [3.63, 3.8) is 0 Å². The SMILES string of the molecule is CCCC(C)(O)c1cc(C)cnc1N. The van der Waals surface area contributed by atoms with Crippen LogP contribution < -0.4 is 5.73 Å². The highest BCUT2D eigenvalue weighted by Crippen LogP contribution is 2.29. The Bertz CT molecular complexity index is 321. The number of hydrogen-bond acceptors (Lipinski definition) is 3. The highest BCUT2D eigenvalue weighted by Gasteiger charge is 2.24. The summed E-state index contributed by atoms with van der Waals surface area (Å²) in [5.41, 5.74) is 6.63. The average Bonchev–Trinajstić information content (AvgIpc) is 2.09. The van der Waals surface area contributed by atoms with E-state index in [0.717, 1.165) is 17.5 Å². The number of aryl methyl sites for hydroxylation is 1. The summed E-state index contributed by atoms with van der Waals surface area (Å²) >= 11 is 0. The molecule has 3 nitrogen and oxygen atoms in total. The highest BCUT2D eigenvalue weighted by molar-refractivity contribution is 5.44. The Morgan fingerprint density at radius 2 is 2.21 bits per heavy atom. The molecule has 0 amide bonds. The van der Waals surface area contributed by atoms with E-state index in [1.807, 2.05) is 19.9 Å². The minimum Gasteiger partial charge on any atom is -0.385 e. The standard InChI is InChI=1S/C11H18N2O/c1-4-5-11(3,14)9-6-8(2)7-13-10(9)12/h6-7,14H,4-5H2,1-3H3,(H2,12,13). The predicted octanol–water partition coefficient (Wildman–Crippen LogP) is 1.98. The number of nitrogen functional groups attached to an aromatic ring is 1. The minimum atomic E-state index is -0.863. The van der Waals surface area contributed by atoms with Gasteiger partial charge in [0.2, 0.25) is 0 Å². The number of pyridine rings is 1. The van der Waals surface area contributed by atoms with E-state index < -0.39 is 5.60 Å². The summed E-state index contributed by atoms with van der Waals surface area (Å²) in [6.07, 6.45) is 3.32. The maximum Gasteiger partial charge on any atom is 0.129 e. The molecule has 78 valence electrons. The predicted molar refractivity (Wildman–Crippen MR) is 57.9 cm³/mol. The van der Waals surface area contributed by atoms with Crippen LogP contribution in [0.3, 0.4) is 0 Å². The van der Waals surface area contributed by atoms with E-state index in [2.05, 4.69) is 4.98 Å². The van der Waals surface area contributed by atoms with Crippen molar-refractivity contribution < 1.29 is 5.11 Å². The van der Waals surface area contributed by atoms with Gasteiger partial charge in [0.1, 0.15) is 5.82 Å². The zero-order chi connectivity index (χ0) is 10.8. The summed E-state index contributed by atoms with van der Waals surface area (Å²) in [6, 6.07) is 1.90. The maximum atomic E-state index is 10.2. The Balaban J connectivity index is 3.10. The number of nitrogens with zero attached hydrogens (tertiary/aromatic N) is 1. The number of aromatic nitrogens is 1. The fourth-order valence-corrected chi connectivity index (χ4v) is 1.63. The molecular weight excluding hydrogens is 176 g/mol. The van der Waals surface area contributed by atoms with Gasteiger partial charge in [-0.1, -0.05) is 13.3 Å². The smallest absolute Gasteiger partial charge is 0.129 e. The highest BCUT2D eigenvalue weighted by atomic mass is 16.3. The van der Waals surface area contributed by atoms with Gasteiger partial charge in [-0.15, -0.1) is 0 Å². The number of nitrogens with two attached hydrogens (primary N) is 1. The summed E-state index contributed by atoms with van der Waals surface area (Å²) < 4.78 is 0. The molecule has 0 aliphatic heterocycles. The first kappa shape index (κ1) is 11.0. The summed E-state index contributed by atoms with van der Waals surface area (Å²) in [7, 11) is 0. The summed E-state index contributed by atoms with van der Waals surface area (Å²) in [4.78, 5) is 4.04. The third-order valence-electron chi connectivity index (χ3n) is 2.37. The number of aliphatic hydroxyl groups is 1. The quantitative estimate of drug-likeness (QED) is 0.773. The van der Waals surface area contributed by atoms with Crippen molar-refractivity contribution in [3.8, 4) is 0 Å². The van der Waals surface area contributed by atoms with Gasteiger partial charge in [0.25, 0.3) is 0 Å². The summed E-state index contributed by atoms with van der Waals surface area (Å²) in [6.45, 7) is 5.76. The fraction of sp³-hybridized carbons (Fsp3) is 0.545.